The van der Waals surface area contributed by atoms with E-state index in [1.54, 1.807) is 43.1 Å². The van der Waals surface area contributed by atoms with Crippen molar-refractivity contribution in [3.63, 3.8) is 0 Å². The highest BCUT2D eigenvalue weighted by molar-refractivity contribution is 7.20. The lowest BCUT2D eigenvalue weighted by Crippen LogP contribution is -2.34. The van der Waals surface area contributed by atoms with Crippen LogP contribution in [0.15, 0.2) is 59.7 Å². The zero-order valence-electron chi connectivity index (χ0n) is 18.5. The molecule has 170 valence electrons. The number of hydrogen-bond donors (Lipinski definition) is 0. The molecule has 0 spiro atoms. The van der Waals surface area contributed by atoms with Crippen LogP contribution in [0.2, 0.25) is 0 Å². The van der Waals surface area contributed by atoms with Gasteiger partial charge in [0.2, 0.25) is 0 Å². The van der Waals surface area contributed by atoms with Crippen molar-refractivity contribution in [1.82, 2.24) is 14.5 Å². The fourth-order valence-electron chi connectivity index (χ4n) is 4.02. The average molecular weight is 468 g/mol. The Hall–Kier alpha value is -3.39. The summed E-state index contributed by atoms with van der Waals surface area (Å²) in [5, 5.41) is 0.425. The number of aromatic nitrogens is 2. The van der Waals surface area contributed by atoms with Crippen LogP contribution in [0.5, 0.6) is 0 Å². The van der Waals surface area contributed by atoms with Crippen molar-refractivity contribution in [3.05, 3.63) is 98.4 Å². The van der Waals surface area contributed by atoms with E-state index >= 15 is 0 Å². The lowest BCUT2D eigenvalue weighted by molar-refractivity contribution is 0.0656. The zero-order chi connectivity index (χ0) is 23.7. The molecule has 0 saturated carbocycles. The van der Waals surface area contributed by atoms with Crippen molar-refractivity contribution in [2.75, 3.05) is 0 Å². The molecule has 0 fully saturated rings. The van der Waals surface area contributed by atoms with Crippen LogP contribution in [0.1, 0.15) is 45.7 Å². The number of benzene rings is 2. The molecule has 0 aliphatic rings. The predicted octanol–water partition coefficient (Wildman–Crippen LogP) is 5.38. The second kappa shape index (κ2) is 9.23. The molecule has 0 radical (unpaired) electrons. The van der Waals surface area contributed by atoms with E-state index in [1.165, 1.54) is 46.5 Å². The van der Waals surface area contributed by atoms with E-state index in [0.717, 1.165) is 5.56 Å². The normalized spacial score (nSPS) is 12.2. The van der Waals surface area contributed by atoms with Gasteiger partial charge in [-0.1, -0.05) is 31.2 Å². The number of thiophene rings is 1. The molecule has 0 bridgehead atoms. The maximum absolute atomic E-state index is 13.9. The lowest BCUT2D eigenvalue weighted by Gasteiger charge is -2.32. The molecule has 4 aromatic rings. The number of fused-ring (bicyclic) bond motifs is 1. The van der Waals surface area contributed by atoms with Crippen LogP contribution in [-0.4, -0.2) is 20.4 Å². The fraction of sp³-hybridized carbons (Fsp3) is 0.240. The van der Waals surface area contributed by atoms with Gasteiger partial charge in [0.05, 0.1) is 22.6 Å². The first-order valence-electron chi connectivity index (χ1n) is 10.6. The number of nitrogens with zero attached hydrogens (tertiary/aromatic N) is 3. The molecule has 0 saturated heterocycles. The molecular weight excluding hydrogens is 444 g/mol. The van der Waals surface area contributed by atoms with E-state index in [0.29, 0.717) is 32.6 Å². The first kappa shape index (κ1) is 22.8. The zero-order valence-corrected chi connectivity index (χ0v) is 19.3. The molecule has 8 heteroatoms. The summed E-state index contributed by atoms with van der Waals surface area (Å²) in [5.74, 6) is -1.03. The monoisotopic (exact) mass is 467 g/mol. The number of aryl methyl sites for hydroxylation is 2. The summed E-state index contributed by atoms with van der Waals surface area (Å²) >= 11 is 1.17. The van der Waals surface area contributed by atoms with Crippen molar-refractivity contribution in [3.8, 4) is 0 Å². The summed E-state index contributed by atoms with van der Waals surface area (Å²) in [7, 11) is 1.62. The Balaban J connectivity index is 1.83. The molecular formula is C25H23F2N3O2S. The minimum Gasteiger partial charge on any atom is -0.327 e. The lowest BCUT2D eigenvalue weighted by atomic mass is 10.0. The quantitative estimate of drug-likeness (QED) is 0.383. The van der Waals surface area contributed by atoms with Gasteiger partial charge in [-0.05, 0) is 54.3 Å². The topological polar surface area (TPSA) is 55.2 Å². The Morgan fingerprint density at radius 2 is 1.88 bits per heavy atom. The van der Waals surface area contributed by atoms with E-state index in [1.807, 2.05) is 6.92 Å². The van der Waals surface area contributed by atoms with Gasteiger partial charge < -0.3 is 9.47 Å². The third-order valence-electron chi connectivity index (χ3n) is 5.73. The average Bonchev–Trinajstić information content (AvgIpc) is 3.14. The van der Waals surface area contributed by atoms with Crippen LogP contribution in [0.25, 0.3) is 10.2 Å². The van der Waals surface area contributed by atoms with Crippen molar-refractivity contribution >= 4 is 27.5 Å². The van der Waals surface area contributed by atoms with Crippen LogP contribution in [-0.2, 0) is 13.6 Å². The Labute approximate surface area is 193 Å². The van der Waals surface area contributed by atoms with Crippen LogP contribution in [0.4, 0.5) is 8.78 Å². The van der Waals surface area contributed by atoms with Gasteiger partial charge in [0, 0.05) is 13.6 Å². The van der Waals surface area contributed by atoms with Gasteiger partial charge in [0.1, 0.15) is 16.5 Å². The van der Waals surface area contributed by atoms with E-state index in [-0.39, 0.29) is 35.7 Å². The summed E-state index contributed by atoms with van der Waals surface area (Å²) < 4.78 is 28.8. The summed E-state index contributed by atoms with van der Waals surface area (Å²) in [6.07, 6.45) is 2.00. The Morgan fingerprint density at radius 1 is 1.15 bits per heavy atom. The van der Waals surface area contributed by atoms with E-state index in [2.05, 4.69) is 4.98 Å². The third-order valence-corrected chi connectivity index (χ3v) is 6.91. The Kier molecular flexibility index (Phi) is 6.37. The van der Waals surface area contributed by atoms with Gasteiger partial charge in [-0.3, -0.25) is 9.59 Å². The smallest absolute Gasteiger partial charge is 0.265 e. The molecule has 5 nitrogen and oxygen atoms in total. The van der Waals surface area contributed by atoms with Crippen molar-refractivity contribution < 1.29 is 13.6 Å². The summed E-state index contributed by atoms with van der Waals surface area (Å²) in [4.78, 5) is 33.4. The van der Waals surface area contributed by atoms with Crippen LogP contribution in [0, 0.1) is 18.6 Å². The number of halogens is 2. The minimum absolute atomic E-state index is 0.158. The van der Waals surface area contributed by atoms with E-state index in [9.17, 15) is 18.4 Å². The molecule has 0 aliphatic heterocycles. The Morgan fingerprint density at radius 3 is 2.55 bits per heavy atom. The number of hydrogen-bond acceptors (Lipinski definition) is 4. The standard InChI is InChI=1S/C25H23F2N3O2S/c1-4-20(17-8-10-18(26)11-9-17)30(13-16-6-5-7-19(27)12-16)25(32)22-15(2)21-23(33-22)28-14-29(3)24(21)31/h5-12,14,20H,4,13H2,1-3H3. The van der Waals surface area contributed by atoms with Gasteiger partial charge in [-0.25, -0.2) is 13.8 Å². The molecule has 1 atom stereocenters. The van der Waals surface area contributed by atoms with Gasteiger partial charge in [0.15, 0.2) is 0 Å². The number of amides is 1. The highest BCUT2D eigenvalue weighted by Crippen LogP contribution is 2.33. The summed E-state index contributed by atoms with van der Waals surface area (Å²) in [6, 6.07) is 11.8. The Bertz CT molecular complexity index is 1380. The minimum atomic E-state index is -0.388. The summed E-state index contributed by atoms with van der Waals surface area (Å²) in [5.41, 5.74) is 1.77. The maximum atomic E-state index is 13.9. The largest absolute Gasteiger partial charge is 0.327 e. The SMILES string of the molecule is CCC(c1ccc(F)cc1)N(Cc1cccc(F)c1)C(=O)c1sc2ncn(C)c(=O)c2c1C. The van der Waals surface area contributed by atoms with Gasteiger partial charge in [-0.2, -0.15) is 0 Å². The molecule has 4 rings (SSSR count). The van der Waals surface area contributed by atoms with Gasteiger partial charge in [0.25, 0.3) is 11.5 Å². The highest BCUT2D eigenvalue weighted by atomic mass is 32.1. The molecule has 2 heterocycles. The van der Waals surface area contributed by atoms with Crippen molar-refractivity contribution in [2.45, 2.75) is 32.9 Å². The molecule has 1 unspecified atom stereocenters. The fourth-order valence-corrected chi connectivity index (χ4v) is 5.12. The number of carbonyl (C=O) groups is 1. The first-order valence-corrected chi connectivity index (χ1v) is 11.4. The van der Waals surface area contributed by atoms with Crippen molar-refractivity contribution in [1.29, 1.82) is 0 Å². The molecule has 0 aliphatic carbocycles. The molecule has 2 aromatic carbocycles. The van der Waals surface area contributed by atoms with Gasteiger partial charge in [-0.15, -0.1) is 11.3 Å². The third kappa shape index (κ3) is 4.43. The highest BCUT2D eigenvalue weighted by Gasteiger charge is 2.29. The van der Waals surface area contributed by atoms with E-state index in [4.69, 9.17) is 0 Å². The predicted molar refractivity (Wildman–Crippen MR) is 125 cm³/mol. The molecule has 0 N–H and O–H groups in total. The number of carbonyl (C=O) groups excluding carboxylic acids is 1. The second-order valence-corrected chi connectivity index (χ2v) is 8.93. The van der Waals surface area contributed by atoms with Crippen molar-refractivity contribution in [2.24, 2.45) is 7.05 Å². The molecule has 2 aromatic heterocycles. The van der Waals surface area contributed by atoms with Crippen LogP contribution < -0.4 is 5.56 Å². The van der Waals surface area contributed by atoms with Crippen LogP contribution in [0.3, 0.4) is 0 Å². The first-order chi connectivity index (χ1) is 15.8. The molecule has 33 heavy (non-hydrogen) atoms. The maximum Gasteiger partial charge on any atom is 0.265 e. The van der Waals surface area contributed by atoms with E-state index < -0.39 is 0 Å². The molecule has 1 amide bonds. The number of rotatable bonds is 6. The van der Waals surface area contributed by atoms with Gasteiger partial charge >= 0.3 is 0 Å². The summed E-state index contributed by atoms with van der Waals surface area (Å²) in [6.45, 7) is 3.84. The van der Waals surface area contributed by atoms with Crippen LogP contribution >= 0.6 is 11.3 Å². The second-order valence-electron chi connectivity index (χ2n) is 7.94.